The number of benzene rings is 1. The van der Waals surface area contributed by atoms with Gasteiger partial charge in [0.1, 0.15) is 11.6 Å². The van der Waals surface area contributed by atoms with Gasteiger partial charge in [0.2, 0.25) is 5.91 Å². The van der Waals surface area contributed by atoms with Crippen molar-refractivity contribution in [3.8, 4) is 0 Å². The fourth-order valence-electron chi connectivity index (χ4n) is 2.46. The normalized spacial score (nSPS) is 11.6. The van der Waals surface area contributed by atoms with Crippen LogP contribution in [0.4, 0.5) is 10.1 Å². The number of nitrogens with zero attached hydrogens (tertiary/aromatic N) is 3. The van der Waals surface area contributed by atoms with Crippen LogP contribution in [0.3, 0.4) is 0 Å². The summed E-state index contributed by atoms with van der Waals surface area (Å²) in [5, 5.41) is 12.2. The van der Waals surface area contributed by atoms with E-state index in [0.29, 0.717) is 41.2 Å². The number of H-pyrrole nitrogens is 1. The third kappa shape index (κ3) is 4.39. The van der Waals surface area contributed by atoms with Crippen molar-refractivity contribution in [2.45, 2.75) is 13.3 Å². The maximum Gasteiger partial charge on any atom is 0.216 e. The summed E-state index contributed by atoms with van der Waals surface area (Å²) in [6, 6.07) is 5.61. The molecule has 1 amide bonds. The van der Waals surface area contributed by atoms with Gasteiger partial charge < -0.3 is 10.3 Å². The third-order valence-corrected chi connectivity index (χ3v) is 3.97. The number of imidazole rings is 1. The summed E-state index contributed by atoms with van der Waals surface area (Å²) in [5.41, 5.74) is 3.91. The lowest BCUT2D eigenvalue weighted by Crippen LogP contribution is -2.22. The maximum absolute atomic E-state index is 13.3. The van der Waals surface area contributed by atoms with Gasteiger partial charge in [0.05, 0.1) is 16.2 Å². The molecule has 1 aromatic carbocycles. The molecule has 3 aromatic rings. The second kappa shape index (κ2) is 8.11. The Morgan fingerprint density at radius 2 is 2.22 bits per heavy atom. The molecule has 10 heteroatoms. The number of hydrogen-bond donors (Lipinski definition) is 4. The maximum atomic E-state index is 13.3. The van der Waals surface area contributed by atoms with Gasteiger partial charge in [-0.05, 0) is 24.3 Å². The molecule has 0 aliphatic heterocycles. The fraction of sp³-hybridized carbons (Fsp3) is 0.176. The standard InChI is InChI=1S/C17H16ClFN6O2/c1-9(26)20-7-5-14-23-15-11(4-6-21-17(15)24-14)16(25-27)22-10-2-3-13(19)12(18)8-10/h2-4,6,8,27H,5,7H2,1H3,(H,20,26)(H,22,25)(H,21,23,24). The Balaban J connectivity index is 1.95. The molecule has 140 valence electrons. The number of hydrogen-bond acceptors (Lipinski definition) is 5. The topological polar surface area (TPSA) is 115 Å². The number of aromatic amines is 1. The Kier molecular flexibility index (Phi) is 5.63. The van der Waals surface area contributed by atoms with Crippen LogP contribution >= 0.6 is 11.6 Å². The smallest absolute Gasteiger partial charge is 0.216 e. The summed E-state index contributed by atoms with van der Waals surface area (Å²) < 4.78 is 13.3. The van der Waals surface area contributed by atoms with Gasteiger partial charge in [0.25, 0.3) is 0 Å². The van der Waals surface area contributed by atoms with Crippen molar-refractivity contribution in [2.75, 3.05) is 6.54 Å². The van der Waals surface area contributed by atoms with Crippen LogP contribution in [0.25, 0.3) is 11.2 Å². The molecule has 27 heavy (non-hydrogen) atoms. The van der Waals surface area contributed by atoms with E-state index in [4.69, 9.17) is 11.6 Å². The number of aliphatic imine (C=N–C) groups is 1. The fourth-order valence-corrected chi connectivity index (χ4v) is 2.64. The average molecular weight is 391 g/mol. The van der Waals surface area contributed by atoms with Gasteiger partial charge >= 0.3 is 0 Å². The van der Waals surface area contributed by atoms with E-state index in [-0.39, 0.29) is 16.8 Å². The zero-order chi connectivity index (χ0) is 19.4. The molecule has 0 radical (unpaired) electrons. The molecule has 0 spiro atoms. The molecule has 0 aliphatic carbocycles. The number of pyridine rings is 1. The number of amides is 1. The average Bonchev–Trinajstić information content (AvgIpc) is 3.05. The van der Waals surface area contributed by atoms with E-state index in [1.54, 1.807) is 6.07 Å². The second-order valence-corrected chi connectivity index (χ2v) is 6.05. The SMILES string of the molecule is CC(=O)NCCc1nc2nccc(C(=Nc3ccc(F)c(Cl)c3)NO)c2[nH]1. The largest absolute Gasteiger partial charge is 0.356 e. The summed E-state index contributed by atoms with van der Waals surface area (Å²) in [6.45, 7) is 1.87. The highest BCUT2D eigenvalue weighted by Crippen LogP contribution is 2.23. The van der Waals surface area contributed by atoms with Crippen LogP contribution in [0.1, 0.15) is 18.3 Å². The molecule has 0 bridgehead atoms. The Morgan fingerprint density at radius 1 is 1.41 bits per heavy atom. The first-order chi connectivity index (χ1) is 13.0. The van der Waals surface area contributed by atoms with Crippen molar-refractivity contribution in [1.82, 2.24) is 25.7 Å². The van der Waals surface area contributed by atoms with E-state index in [1.807, 2.05) is 5.48 Å². The number of carbonyl (C=O) groups excluding carboxylic acids is 1. The van der Waals surface area contributed by atoms with Crippen LogP contribution in [-0.2, 0) is 11.2 Å². The van der Waals surface area contributed by atoms with Gasteiger partial charge in [-0.3, -0.25) is 15.5 Å². The molecule has 3 rings (SSSR count). The summed E-state index contributed by atoms with van der Waals surface area (Å²) in [4.78, 5) is 26.9. The van der Waals surface area contributed by atoms with Gasteiger partial charge in [0.15, 0.2) is 11.5 Å². The Hall–Kier alpha value is -3.04. The zero-order valence-electron chi connectivity index (χ0n) is 14.3. The number of amidine groups is 1. The molecule has 0 atom stereocenters. The number of hydroxylamine groups is 1. The highest BCUT2D eigenvalue weighted by atomic mass is 35.5. The first-order valence-corrected chi connectivity index (χ1v) is 8.38. The Labute approximate surface area is 158 Å². The highest BCUT2D eigenvalue weighted by Gasteiger charge is 2.13. The van der Waals surface area contributed by atoms with Gasteiger partial charge in [-0.15, -0.1) is 0 Å². The molecule has 0 fully saturated rings. The lowest BCUT2D eigenvalue weighted by atomic mass is 10.2. The number of rotatable bonds is 5. The van der Waals surface area contributed by atoms with Crippen molar-refractivity contribution in [3.63, 3.8) is 0 Å². The van der Waals surface area contributed by atoms with Crippen molar-refractivity contribution < 1.29 is 14.4 Å². The van der Waals surface area contributed by atoms with E-state index < -0.39 is 5.82 Å². The summed E-state index contributed by atoms with van der Waals surface area (Å²) in [6.07, 6.45) is 2.02. The van der Waals surface area contributed by atoms with E-state index >= 15 is 0 Å². The lowest BCUT2D eigenvalue weighted by Gasteiger charge is -2.06. The summed E-state index contributed by atoms with van der Waals surface area (Å²) in [5.74, 6) is 0.0579. The predicted molar refractivity (Wildman–Crippen MR) is 98.8 cm³/mol. The van der Waals surface area contributed by atoms with Crippen LogP contribution < -0.4 is 10.8 Å². The number of fused-ring (bicyclic) bond motifs is 1. The van der Waals surface area contributed by atoms with Gasteiger partial charge in [-0.1, -0.05) is 11.6 Å². The predicted octanol–water partition coefficient (Wildman–Crippen LogP) is 2.49. The zero-order valence-corrected chi connectivity index (χ0v) is 15.0. The van der Waals surface area contributed by atoms with Crippen molar-refractivity contribution >= 4 is 40.2 Å². The summed E-state index contributed by atoms with van der Waals surface area (Å²) >= 11 is 5.77. The molecular weight excluding hydrogens is 375 g/mol. The number of carbonyl (C=O) groups is 1. The van der Waals surface area contributed by atoms with Gasteiger partial charge in [-0.2, -0.15) is 0 Å². The van der Waals surface area contributed by atoms with E-state index in [0.717, 1.165) is 0 Å². The van der Waals surface area contributed by atoms with Crippen LogP contribution in [0.2, 0.25) is 5.02 Å². The Morgan fingerprint density at radius 3 is 2.93 bits per heavy atom. The molecule has 0 unspecified atom stereocenters. The van der Waals surface area contributed by atoms with Crippen LogP contribution in [0.5, 0.6) is 0 Å². The lowest BCUT2D eigenvalue weighted by molar-refractivity contribution is -0.118. The number of halogens is 2. The van der Waals surface area contributed by atoms with Crippen molar-refractivity contribution in [2.24, 2.45) is 4.99 Å². The first kappa shape index (κ1) is 18.7. The van der Waals surface area contributed by atoms with E-state index in [9.17, 15) is 14.4 Å². The van der Waals surface area contributed by atoms with E-state index in [2.05, 4.69) is 25.3 Å². The summed E-state index contributed by atoms with van der Waals surface area (Å²) in [7, 11) is 0. The van der Waals surface area contributed by atoms with E-state index in [1.165, 1.54) is 31.3 Å². The molecule has 8 nitrogen and oxygen atoms in total. The number of nitrogens with one attached hydrogen (secondary N) is 3. The van der Waals surface area contributed by atoms with Gasteiger partial charge in [0, 0.05) is 31.6 Å². The minimum atomic E-state index is -0.558. The molecule has 2 heterocycles. The third-order valence-electron chi connectivity index (χ3n) is 3.68. The number of aromatic nitrogens is 3. The minimum Gasteiger partial charge on any atom is -0.356 e. The van der Waals surface area contributed by atoms with Gasteiger partial charge in [-0.25, -0.2) is 19.4 Å². The van der Waals surface area contributed by atoms with Crippen LogP contribution in [0.15, 0.2) is 35.5 Å². The second-order valence-electron chi connectivity index (χ2n) is 5.64. The Bertz CT molecular complexity index is 1020. The van der Waals surface area contributed by atoms with Crippen molar-refractivity contribution in [1.29, 1.82) is 0 Å². The van der Waals surface area contributed by atoms with Crippen molar-refractivity contribution in [3.05, 3.63) is 52.7 Å². The van der Waals surface area contributed by atoms with Crippen LogP contribution in [0, 0.1) is 5.82 Å². The minimum absolute atomic E-state index is 0.0739. The van der Waals surface area contributed by atoms with Crippen LogP contribution in [-0.4, -0.2) is 38.4 Å². The quantitative estimate of drug-likeness (QED) is 0.303. The molecule has 0 saturated heterocycles. The molecule has 2 aromatic heterocycles. The first-order valence-electron chi connectivity index (χ1n) is 8.00. The highest BCUT2D eigenvalue weighted by molar-refractivity contribution is 6.31. The molecular formula is C17H16ClFN6O2. The molecule has 0 saturated carbocycles. The molecule has 4 N–H and O–H groups in total. The monoisotopic (exact) mass is 390 g/mol. The molecule has 0 aliphatic rings.